The summed E-state index contributed by atoms with van der Waals surface area (Å²) in [5.41, 5.74) is 3.48. The predicted octanol–water partition coefficient (Wildman–Crippen LogP) is 2.96. The average molecular weight is 396 g/mol. The van der Waals surface area contributed by atoms with Gasteiger partial charge < -0.3 is 14.4 Å². The van der Waals surface area contributed by atoms with E-state index in [-0.39, 0.29) is 11.7 Å². The molecule has 1 saturated heterocycles. The third kappa shape index (κ3) is 4.95. The first kappa shape index (κ1) is 20.9. The largest absolute Gasteiger partial charge is 0.497 e. The second-order valence-electron chi connectivity index (χ2n) is 7.41. The lowest BCUT2D eigenvalue weighted by atomic mass is 10.0. The summed E-state index contributed by atoms with van der Waals surface area (Å²) in [6.07, 6.45) is 0. The lowest BCUT2D eigenvalue weighted by molar-refractivity contribution is 0.0623. The van der Waals surface area contributed by atoms with Gasteiger partial charge in [-0.3, -0.25) is 14.5 Å². The van der Waals surface area contributed by atoms with Crippen LogP contribution in [-0.2, 0) is 0 Å². The van der Waals surface area contributed by atoms with Crippen molar-refractivity contribution in [2.75, 3.05) is 46.9 Å². The summed E-state index contributed by atoms with van der Waals surface area (Å²) in [6, 6.07) is 11.1. The van der Waals surface area contributed by atoms with Crippen LogP contribution in [0.15, 0.2) is 36.4 Å². The van der Waals surface area contributed by atoms with Crippen molar-refractivity contribution >= 4 is 11.7 Å². The Morgan fingerprint density at radius 1 is 0.897 bits per heavy atom. The molecule has 0 atom stereocenters. The van der Waals surface area contributed by atoms with Gasteiger partial charge in [-0.2, -0.15) is 0 Å². The molecule has 0 aliphatic carbocycles. The van der Waals surface area contributed by atoms with Gasteiger partial charge in [-0.05, 0) is 31.5 Å². The van der Waals surface area contributed by atoms with Crippen LogP contribution in [0.4, 0.5) is 0 Å². The quantitative estimate of drug-likeness (QED) is 0.703. The summed E-state index contributed by atoms with van der Waals surface area (Å²) in [6.45, 7) is 6.87. The van der Waals surface area contributed by atoms with Gasteiger partial charge in [0.15, 0.2) is 5.78 Å². The van der Waals surface area contributed by atoms with Crippen molar-refractivity contribution in [3.05, 3.63) is 58.7 Å². The summed E-state index contributed by atoms with van der Waals surface area (Å²) in [7, 11) is 3.13. The molecule has 1 amide bonds. The second kappa shape index (κ2) is 9.09. The number of benzene rings is 2. The van der Waals surface area contributed by atoms with E-state index in [1.165, 1.54) is 0 Å². The molecule has 0 spiro atoms. The first-order valence-corrected chi connectivity index (χ1v) is 9.76. The van der Waals surface area contributed by atoms with E-state index >= 15 is 0 Å². The van der Waals surface area contributed by atoms with E-state index in [1.54, 1.807) is 32.4 Å². The number of hydrogen-bond donors (Lipinski definition) is 0. The molecule has 1 fully saturated rings. The number of carbonyl (C=O) groups is 2. The number of hydrogen-bond acceptors (Lipinski definition) is 5. The van der Waals surface area contributed by atoms with Crippen LogP contribution in [0.1, 0.15) is 31.8 Å². The molecule has 0 saturated carbocycles. The highest BCUT2D eigenvalue weighted by molar-refractivity contribution is 5.99. The highest BCUT2D eigenvalue weighted by Gasteiger charge is 2.24. The standard InChI is InChI=1S/C23H28N2O4/c1-16-5-6-21(17(2)11-16)22(26)15-24-7-9-25(10-8-24)23(27)18-12-19(28-3)14-20(13-18)29-4/h5-6,11-14H,7-10,15H2,1-4H3. The zero-order valence-electron chi connectivity index (χ0n) is 17.5. The number of Topliss-reactive ketones (excluding diaryl/α,β-unsaturated/α-hetero) is 1. The fourth-order valence-corrected chi connectivity index (χ4v) is 3.64. The monoisotopic (exact) mass is 396 g/mol. The molecule has 154 valence electrons. The number of nitrogens with zero attached hydrogens (tertiary/aromatic N) is 2. The molecule has 6 heteroatoms. The number of ketones is 1. The molecule has 1 aliphatic rings. The van der Waals surface area contributed by atoms with Crippen LogP contribution in [0.25, 0.3) is 0 Å². The summed E-state index contributed by atoms with van der Waals surface area (Å²) >= 11 is 0. The van der Waals surface area contributed by atoms with Crippen molar-refractivity contribution in [1.29, 1.82) is 0 Å². The molecule has 0 N–H and O–H groups in total. The SMILES string of the molecule is COc1cc(OC)cc(C(=O)N2CCN(CC(=O)c3ccc(C)cc3C)CC2)c1. The maximum atomic E-state index is 12.9. The minimum absolute atomic E-state index is 0.0532. The summed E-state index contributed by atoms with van der Waals surface area (Å²) in [5.74, 6) is 1.25. The molecular formula is C23H28N2O4. The summed E-state index contributed by atoms with van der Waals surface area (Å²) in [4.78, 5) is 29.5. The molecule has 0 unspecified atom stereocenters. The maximum Gasteiger partial charge on any atom is 0.254 e. The number of ether oxygens (including phenoxy) is 2. The number of amides is 1. The van der Waals surface area contributed by atoms with E-state index in [0.717, 1.165) is 16.7 Å². The van der Waals surface area contributed by atoms with Gasteiger partial charge in [-0.15, -0.1) is 0 Å². The Balaban J connectivity index is 1.60. The molecule has 2 aromatic carbocycles. The molecule has 0 aromatic heterocycles. The van der Waals surface area contributed by atoms with Gasteiger partial charge in [-0.25, -0.2) is 0 Å². The second-order valence-corrected chi connectivity index (χ2v) is 7.41. The Kier molecular flexibility index (Phi) is 6.54. The van der Waals surface area contributed by atoms with Crippen LogP contribution < -0.4 is 9.47 Å². The molecule has 0 bridgehead atoms. The highest BCUT2D eigenvalue weighted by Crippen LogP contribution is 2.24. The van der Waals surface area contributed by atoms with Crippen LogP contribution >= 0.6 is 0 Å². The van der Waals surface area contributed by atoms with Crippen molar-refractivity contribution in [2.24, 2.45) is 0 Å². The van der Waals surface area contributed by atoms with Crippen LogP contribution in [0.3, 0.4) is 0 Å². The van der Waals surface area contributed by atoms with Crippen molar-refractivity contribution in [3.8, 4) is 11.5 Å². The van der Waals surface area contributed by atoms with E-state index in [4.69, 9.17) is 9.47 Å². The van der Waals surface area contributed by atoms with Crippen LogP contribution in [0.5, 0.6) is 11.5 Å². The Hall–Kier alpha value is -2.86. The van der Waals surface area contributed by atoms with Gasteiger partial charge in [0, 0.05) is 43.4 Å². The predicted molar refractivity (Wildman–Crippen MR) is 112 cm³/mol. The Morgan fingerprint density at radius 2 is 1.52 bits per heavy atom. The number of rotatable bonds is 6. The number of piperazine rings is 1. The normalized spacial score (nSPS) is 14.6. The fourth-order valence-electron chi connectivity index (χ4n) is 3.64. The van der Waals surface area contributed by atoms with Crippen LogP contribution in [0, 0.1) is 13.8 Å². The molecule has 2 aromatic rings. The Labute approximate surface area is 172 Å². The number of methoxy groups -OCH3 is 2. The van der Waals surface area contributed by atoms with Crippen molar-refractivity contribution in [1.82, 2.24) is 9.80 Å². The van der Waals surface area contributed by atoms with Crippen molar-refractivity contribution in [3.63, 3.8) is 0 Å². The van der Waals surface area contributed by atoms with Gasteiger partial charge in [0.05, 0.1) is 20.8 Å². The first-order chi connectivity index (χ1) is 13.9. The zero-order chi connectivity index (χ0) is 21.0. The van der Waals surface area contributed by atoms with Crippen molar-refractivity contribution in [2.45, 2.75) is 13.8 Å². The third-order valence-corrected chi connectivity index (χ3v) is 5.31. The minimum atomic E-state index is -0.0532. The fraction of sp³-hybridized carbons (Fsp3) is 0.391. The lowest BCUT2D eigenvalue weighted by Gasteiger charge is -2.34. The van der Waals surface area contributed by atoms with E-state index in [1.807, 2.05) is 36.9 Å². The van der Waals surface area contributed by atoms with Gasteiger partial charge in [-0.1, -0.05) is 23.8 Å². The van der Waals surface area contributed by atoms with E-state index in [9.17, 15) is 9.59 Å². The molecule has 1 heterocycles. The van der Waals surface area contributed by atoms with Crippen molar-refractivity contribution < 1.29 is 19.1 Å². The van der Waals surface area contributed by atoms with Gasteiger partial charge in [0.2, 0.25) is 0 Å². The first-order valence-electron chi connectivity index (χ1n) is 9.76. The summed E-state index contributed by atoms with van der Waals surface area (Å²) < 4.78 is 10.5. The van der Waals surface area contributed by atoms with E-state index < -0.39 is 0 Å². The maximum absolute atomic E-state index is 12.9. The average Bonchev–Trinajstić information content (AvgIpc) is 2.73. The van der Waals surface area contributed by atoms with E-state index in [0.29, 0.717) is 49.8 Å². The van der Waals surface area contributed by atoms with Crippen LogP contribution in [0.2, 0.25) is 0 Å². The highest BCUT2D eigenvalue weighted by atomic mass is 16.5. The Morgan fingerprint density at radius 3 is 2.07 bits per heavy atom. The molecule has 3 rings (SSSR count). The smallest absolute Gasteiger partial charge is 0.254 e. The molecule has 0 radical (unpaired) electrons. The zero-order valence-corrected chi connectivity index (χ0v) is 17.5. The third-order valence-electron chi connectivity index (χ3n) is 5.31. The topological polar surface area (TPSA) is 59.1 Å². The summed E-state index contributed by atoms with van der Waals surface area (Å²) in [5, 5.41) is 0. The van der Waals surface area contributed by atoms with Crippen LogP contribution in [-0.4, -0.2) is 68.4 Å². The Bertz CT molecular complexity index is 879. The van der Waals surface area contributed by atoms with Gasteiger partial charge in [0.1, 0.15) is 11.5 Å². The molecular weight excluding hydrogens is 368 g/mol. The number of aryl methyl sites for hydroxylation is 2. The lowest BCUT2D eigenvalue weighted by Crippen LogP contribution is -2.49. The molecule has 1 aliphatic heterocycles. The molecule has 29 heavy (non-hydrogen) atoms. The molecule has 6 nitrogen and oxygen atoms in total. The number of carbonyl (C=O) groups excluding carboxylic acids is 2. The van der Waals surface area contributed by atoms with Gasteiger partial charge in [0.25, 0.3) is 5.91 Å². The minimum Gasteiger partial charge on any atom is -0.497 e. The van der Waals surface area contributed by atoms with E-state index in [2.05, 4.69) is 4.90 Å². The van der Waals surface area contributed by atoms with Gasteiger partial charge >= 0.3 is 0 Å².